The van der Waals surface area contributed by atoms with E-state index in [0.717, 1.165) is 25.1 Å². The third-order valence-corrected chi connectivity index (χ3v) is 5.12. The molecule has 0 aliphatic carbocycles. The van der Waals surface area contributed by atoms with Gasteiger partial charge in [-0.05, 0) is 43.7 Å². The van der Waals surface area contributed by atoms with Crippen LogP contribution in [0.4, 0.5) is 30.7 Å². The SMILES string of the molecule is CC#Cc1cc(C(/C=C(\F)c2ccc(C(C)=O)c(C(F)(F)F)c2)C(F)(F)F)cc(Cl)c1Cl. The average molecular weight is 497 g/mol. The van der Waals surface area contributed by atoms with E-state index in [1.807, 2.05) is 0 Å². The molecule has 0 radical (unpaired) electrons. The summed E-state index contributed by atoms with van der Waals surface area (Å²) >= 11 is 11.8. The Morgan fingerprint density at radius 1 is 1.06 bits per heavy atom. The standard InChI is InChI=1S/C22H13Cl2F7O/c1-3-4-13-7-14(9-18(23)20(13)24)16(21(26,27)28)10-19(25)12-5-6-15(11(2)32)17(8-12)22(29,30)31/h5-10,16H,1-2H3/b19-10-. The molecule has 32 heavy (non-hydrogen) atoms. The highest BCUT2D eigenvalue weighted by Crippen LogP contribution is 2.42. The first kappa shape index (κ1) is 25.8. The minimum atomic E-state index is -5.02. The molecule has 0 saturated heterocycles. The first-order valence-electron chi connectivity index (χ1n) is 8.75. The predicted molar refractivity (Wildman–Crippen MR) is 108 cm³/mol. The van der Waals surface area contributed by atoms with Gasteiger partial charge in [0.05, 0.1) is 15.6 Å². The minimum absolute atomic E-state index is 0.0232. The normalized spacial score (nSPS) is 13.4. The third kappa shape index (κ3) is 5.84. The monoisotopic (exact) mass is 496 g/mol. The Kier molecular flexibility index (Phi) is 7.69. The van der Waals surface area contributed by atoms with Gasteiger partial charge in [-0.15, -0.1) is 5.92 Å². The van der Waals surface area contributed by atoms with E-state index in [1.165, 1.54) is 6.92 Å². The molecule has 170 valence electrons. The molecule has 0 fully saturated rings. The number of halogens is 9. The molecule has 0 bridgehead atoms. The first-order valence-corrected chi connectivity index (χ1v) is 9.50. The van der Waals surface area contributed by atoms with E-state index in [9.17, 15) is 35.5 Å². The molecule has 1 atom stereocenters. The summed E-state index contributed by atoms with van der Waals surface area (Å²) in [6.45, 7) is 2.30. The second-order valence-corrected chi connectivity index (χ2v) is 7.37. The van der Waals surface area contributed by atoms with Crippen molar-refractivity contribution >= 4 is 34.8 Å². The first-order chi connectivity index (χ1) is 14.7. The van der Waals surface area contributed by atoms with E-state index in [1.54, 1.807) is 0 Å². The quantitative estimate of drug-likeness (QED) is 0.236. The van der Waals surface area contributed by atoms with E-state index in [2.05, 4.69) is 11.8 Å². The highest BCUT2D eigenvalue weighted by molar-refractivity contribution is 6.42. The Labute approximate surface area is 188 Å². The fraction of sp³-hybridized carbons (Fsp3) is 0.227. The zero-order valence-electron chi connectivity index (χ0n) is 16.4. The summed E-state index contributed by atoms with van der Waals surface area (Å²) in [6.07, 6.45) is -9.90. The van der Waals surface area contributed by atoms with E-state index < -0.39 is 52.1 Å². The van der Waals surface area contributed by atoms with Crippen LogP contribution in [0.25, 0.3) is 5.83 Å². The lowest BCUT2D eigenvalue weighted by atomic mass is 9.94. The van der Waals surface area contributed by atoms with Crippen LogP contribution < -0.4 is 0 Å². The van der Waals surface area contributed by atoms with E-state index in [-0.39, 0.29) is 21.7 Å². The lowest BCUT2D eigenvalue weighted by Gasteiger charge is -2.19. The van der Waals surface area contributed by atoms with Crippen molar-refractivity contribution in [1.82, 2.24) is 0 Å². The Balaban J connectivity index is 2.67. The van der Waals surface area contributed by atoms with E-state index in [4.69, 9.17) is 23.2 Å². The zero-order valence-corrected chi connectivity index (χ0v) is 17.9. The van der Waals surface area contributed by atoms with Crippen molar-refractivity contribution in [2.24, 2.45) is 0 Å². The maximum Gasteiger partial charge on any atom is 0.417 e. The van der Waals surface area contributed by atoms with Gasteiger partial charge < -0.3 is 0 Å². The van der Waals surface area contributed by atoms with Crippen LogP contribution in [0.5, 0.6) is 0 Å². The number of rotatable bonds is 4. The Morgan fingerprint density at radius 2 is 1.69 bits per heavy atom. The molecule has 1 nitrogen and oxygen atoms in total. The molecule has 1 unspecified atom stereocenters. The second kappa shape index (κ2) is 9.55. The average Bonchev–Trinajstić information content (AvgIpc) is 2.67. The summed E-state index contributed by atoms with van der Waals surface area (Å²) in [4.78, 5) is 11.4. The second-order valence-electron chi connectivity index (χ2n) is 6.59. The molecule has 0 heterocycles. The number of ketones is 1. The molecule has 2 rings (SSSR count). The Hall–Kier alpha value is -2.50. The molecule has 0 aromatic heterocycles. The Bertz CT molecular complexity index is 1140. The van der Waals surface area contributed by atoms with Gasteiger partial charge in [0.15, 0.2) is 5.78 Å². The maximum atomic E-state index is 14.8. The molecule has 0 amide bonds. The van der Waals surface area contributed by atoms with Crippen LogP contribution >= 0.6 is 23.2 Å². The van der Waals surface area contributed by atoms with Crippen LogP contribution in [0, 0.1) is 11.8 Å². The number of allylic oxidation sites excluding steroid dienone is 1. The number of carbonyl (C=O) groups excluding carboxylic acids is 1. The molecule has 2 aromatic rings. The van der Waals surface area contributed by atoms with Gasteiger partial charge in [0.25, 0.3) is 0 Å². The summed E-state index contributed by atoms with van der Waals surface area (Å²) in [5, 5.41) is -0.347. The number of hydrogen-bond donors (Lipinski definition) is 0. The van der Waals surface area contributed by atoms with Gasteiger partial charge in [0, 0.05) is 16.7 Å². The van der Waals surface area contributed by atoms with Crippen LogP contribution in [0.2, 0.25) is 10.0 Å². The molecular weight excluding hydrogens is 484 g/mol. The summed E-state index contributed by atoms with van der Waals surface area (Å²) < 4.78 is 95.7. The summed E-state index contributed by atoms with van der Waals surface area (Å²) in [6, 6.07) is 3.66. The van der Waals surface area contributed by atoms with Crippen molar-refractivity contribution in [3.8, 4) is 11.8 Å². The van der Waals surface area contributed by atoms with Gasteiger partial charge in [-0.25, -0.2) is 4.39 Å². The van der Waals surface area contributed by atoms with E-state index >= 15 is 0 Å². The third-order valence-electron chi connectivity index (χ3n) is 4.32. The highest BCUT2D eigenvalue weighted by Gasteiger charge is 2.41. The fourth-order valence-corrected chi connectivity index (χ4v) is 3.26. The lowest BCUT2D eigenvalue weighted by molar-refractivity contribution is -0.140. The summed E-state index contributed by atoms with van der Waals surface area (Å²) in [5.41, 5.74) is -3.48. The highest BCUT2D eigenvalue weighted by atomic mass is 35.5. The van der Waals surface area contributed by atoms with Crippen molar-refractivity contribution in [2.75, 3.05) is 0 Å². The van der Waals surface area contributed by atoms with Crippen LogP contribution in [0.1, 0.15) is 52.4 Å². The van der Waals surface area contributed by atoms with Gasteiger partial charge >= 0.3 is 12.4 Å². The van der Waals surface area contributed by atoms with Gasteiger partial charge in [-0.3, -0.25) is 4.79 Å². The van der Waals surface area contributed by atoms with Crippen molar-refractivity contribution in [2.45, 2.75) is 32.1 Å². The number of Topliss-reactive ketones (excluding diaryl/α,β-unsaturated/α-hetero) is 1. The van der Waals surface area contributed by atoms with Gasteiger partial charge in [-0.2, -0.15) is 26.3 Å². The topological polar surface area (TPSA) is 17.1 Å². The van der Waals surface area contributed by atoms with Crippen LogP contribution in [0.15, 0.2) is 36.4 Å². The zero-order chi connectivity index (χ0) is 24.4. The van der Waals surface area contributed by atoms with Crippen molar-refractivity contribution in [3.63, 3.8) is 0 Å². The number of benzene rings is 2. The van der Waals surface area contributed by atoms with Crippen LogP contribution in [0.3, 0.4) is 0 Å². The van der Waals surface area contributed by atoms with Crippen LogP contribution in [-0.4, -0.2) is 12.0 Å². The molecule has 2 aromatic carbocycles. The minimum Gasteiger partial charge on any atom is -0.294 e. The molecule has 0 N–H and O–H groups in total. The fourth-order valence-electron chi connectivity index (χ4n) is 2.87. The smallest absolute Gasteiger partial charge is 0.294 e. The number of carbonyl (C=O) groups is 1. The van der Waals surface area contributed by atoms with Crippen molar-refractivity contribution < 1.29 is 35.5 Å². The molecular formula is C22H13Cl2F7O. The molecule has 10 heteroatoms. The van der Waals surface area contributed by atoms with Gasteiger partial charge in [-0.1, -0.05) is 41.3 Å². The van der Waals surface area contributed by atoms with Gasteiger partial charge in [0.1, 0.15) is 11.7 Å². The number of hydrogen-bond acceptors (Lipinski definition) is 1. The molecule has 0 aliphatic rings. The molecule has 0 spiro atoms. The number of alkyl halides is 6. The lowest BCUT2D eigenvalue weighted by Crippen LogP contribution is -2.19. The Morgan fingerprint density at radius 3 is 2.19 bits per heavy atom. The van der Waals surface area contributed by atoms with Crippen molar-refractivity contribution in [1.29, 1.82) is 0 Å². The predicted octanol–water partition coefficient (Wildman–Crippen LogP) is 8.24. The molecule has 0 aliphatic heterocycles. The van der Waals surface area contributed by atoms with Gasteiger partial charge in [0.2, 0.25) is 0 Å². The molecule has 0 saturated carbocycles. The van der Waals surface area contributed by atoms with Crippen molar-refractivity contribution in [3.05, 3.63) is 74.3 Å². The summed E-state index contributed by atoms with van der Waals surface area (Å²) in [7, 11) is 0. The summed E-state index contributed by atoms with van der Waals surface area (Å²) in [5.74, 6) is -0.111. The largest absolute Gasteiger partial charge is 0.417 e. The van der Waals surface area contributed by atoms with Crippen LogP contribution in [-0.2, 0) is 6.18 Å². The van der Waals surface area contributed by atoms with E-state index in [0.29, 0.717) is 12.1 Å². The maximum absolute atomic E-state index is 14.8.